The van der Waals surface area contributed by atoms with E-state index in [1.54, 1.807) is 13.8 Å². The Morgan fingerprint density at radius 3 is 1.95 bits per heavy atom. The van der Waals surface area contributed by atoms with Crippen molar-refractivity contribution in [1.29, 1.82) is 0 Å². The first-order valence-corrected chi connectivity index (χ1v) is 11.9. The molecule has 210 valence electrons. The second-order valence-corrected chi connectivity index (χ2v) is 8.91. The van der Waals surface area contributed by atoms with Crippen LogP contribution in [0.4, 0.5) is 0 Å². The Morgan fingerprint density at radius 2 is 1.45 bits per heavy atom. The Balaban J connectivity index is 3.16. The van der Waals surface area contributed by atoms with Crippen LogP contribution in [0.5, 0.6) is 5.75 Å². The first-order chi connectivity index (χ1) is 17.7. The molecule has 0 radical (unpaired) electrons. The number of amides is 4. The molecular weight excluding hydrogens is 502 g/mol. The van der Waals surface area contributed by atoms with E-state index in [0.29, 0.717) is 12.0 Å². The summed E-state index contributed by atoms with van der Waals surface area (Å²) in [6.07, 6.45) is -0.937. The summed E-state index contributed by atoms with van der Waals surface area (Å²) in [4.78, 5) is 72.6. The number of hydrogen-bond donors (Lipinski definition) is 8. The number of benzene rings is 1. The maximum atomic E-state index is 13.2. The number of phenols is 1. The molecule has 10 N–H and O–H groups in total. The molecule has 1 rings (SSSR count). The van der Waals surface area contributed by atoms with Gasteiger partial charge in [-0.05, 0) is 30.0 Å². The monoisotopic (exact) mass is 537 g/mol. The first kappa shape index (κ1) is 31.8. The number of carbonyl (C=O) groups excluding carboxylic acids is 4. The fraction of sp³-hybridized carbons (Fsp3) is 0.500. The second-order valence-electron chi connectivity index (χ2n) is 8.91. The lowest BCUT2D eigenvalue weighted by molar-refractivity contribution is -0.144. The molecule has 14 nitrogen and oxygen atoms in total. The average molecular weight is 538 g/mol. The Hall–Kier alpha value is -4.20. The fourth-order valence-corrected chi connectivity index (χ4v) is 3.39. The van der Waals surface area contributed by atoms with Crippen LogP contribution in [0.1, 0.15) is 45.1 Å². The highest BCUT2D eigenvalue weighted by molar-refractivity contribution is 5.96. The molecule has 0 heterocycles. The summed E-state index contributed by atoms with van der Waals surface area (Å²) in [5, 5.41) is 34.8. The third kappa shape index (κ3) is 10.8. The van der Waals surface area contributed by atoms with Crippen LogP contribution in [0, 0.1) is 5.92 Å². The van der Waals surface area contributed by atoms with Crippen LogP contribution < -0.4 is 27.4 Å². The molecule has 0 aliphatic heterocycles. The smallest absolute Gasteiger partial charge is 0.326 e. The summed E-state index contributed by atoms with van der Waals surface area (Å²) in [5.41, 5.74) is 11.5. The second kappa shape index (κ2) is 15.1. The van der Waals surface area contributed by atoms with Gasteiger partial charge < -0.3 is 42.7 Å². The van der Waals surface area contributed by atoms with Gasteiger partial charge in [-0.1, -0.05) is 32.4 Å². The van der Waals surface area contributed by atoms with Gasteiger partial charge in [-0.2, -0.15) is 0 Å². The number of aliphatic carboxylic acids is 2. The molecule has 0 aliphatic rings. The van der Waals surface area contributed by atoms with Gasteiger partial charge in [0.05, 0.1) is 12.5 Å². The van der Waals surface area contributed by atoms with Crippen molar-refractivity contribution in [2.45, 2.75) is 70.1 Å². The summed E-state index contributed by atoms with van der Waals surface area (Å²) >= 11 is 0. The van der Waals surface area contributed by atoms with Gasteiger partial charge in [-0.25, -0.2) is 4.79 Å². The Labute approximate surface area is 219 Å². The minimum absolute atomic E-state index is 0.0398. The zero-order valence-corrected chi connectivity index (χ0v) is 21.2. The van der Waals surface area contributed by atoms with Crippen LogP contribution in [0.15, 0.2) is 24.3 Å². The summed E-state index contributed by atoms with van der Waals surface area (Å²) in [6, 6.07) is 0.260. The van der Waals surface area contributed by atoms with Crippen LogP contribution in [0.3, 0.4) is 0 Å². The highest BCUT2D eigenvalue weighted by Gasteiger charge is 2.33. The van der Waals surface area contributed by atoms with E-state index in [0.717, 1.165) is 0 Å². The lowest BCUT2D eigenvalue weighted by atomic mass is 9.98. The molecule has 1 aromatic carbocycles. The fourth-order valence-electron chi connectivity index (χ4n) is 3.39. The zero-order valence-electron chi connectivity index (χ0n) is 21.2. The molecule has 0 aliphatic carbocycles. The number of hydrogen-bond acceptors (Lipinski definition) is 8. The van der Waals surface area contributed by atoms with Crippen molar-refractivity contribution >= 4 is 35.6 Å². The molecule has 0 fully saturated rings. The topological polar surface area (TPSA) is 251 Å². The van der Waals surface area contributed by atoms with Crippen LogP contribution in [-0.2, 0) is 35.2 Å². The number of carbonyl (C=O) groups is 6. The summed E-state index contributed by atoms with van der Waals surface area (Å²) < 4.78 is 0. The Morgan fingerprint density at radius 1 is 0.895 bits per heavy atom. The van der Waals surface area contributed by atoms with Gasteiger partial charge in [0, 0.05) is 12.8 Å². The molecule has 1 aromatic rings. The van der Waals surface area contributed by atoms with Crippen molar-refractivity contribution < 1.29 is 44.1 Å². The molecular formula is C24H35N5O9. The largest absolute Gasteiger partial charge is 0.508 e. The van der Waals surface area contributed by atoms with E-state index in [1.165, 1.54) is 24.3 Å². The van der Waals surface area contributed by atoms with Crippen LogP contribution in [-0.4, -0.2) is 75.1 Å². The summed E-state index contributed by atoms with van der Waals surface area (Å²) in [6.45, 7) is 3.34. The maximum Gasteiger partial charge on any atom is 0.326 e. The SMILES string of the molecule is CCC(C)C(NC(=O)C(CC(N)=O)NC(=O)C(Cc1ccc(O)cc1)NC(=O)C(N)CCC(=O)O)C(=O)O. The molecule has 5 atom stereocenters. The van der Waals surface area contributed by atoms with Crippen molar-refractivity contribution in [3.8, 4) is 5.75 Å². The third-order valence-corrected chi connectivity index (χ3v) is 5.83. The Kier molecular flexibility index (Phi) is 12.7. The normalized spacial score (nSPS) is 14.7. The van der Waals surface area contributed by atoms with Crippen molar-refractivity contribution in [2.24, 2.45) is 17.4 Å². The Bertz CT molecular complexity index is 1020. The molecule has 5 unspecified atom stereocenters. The third-order valence-electron chi connectivity index (χ3n) is 5.83. The predicted molar refractivity (Wildman–Crippen MR) is 133 cm³/mol. The maximum absolute atomic E-state index is 13.2. The summed E-state index contributed by atoms with van der Waals surface area (Å²) in [5.74, 6) is -6.61. The number of aromatic hydroxyl groups is 1. The molecule has 38 heavy (non-hydrogen) atoms. The van der Waals surface area contributed by atoms with E-state index in [4.69, 9.17) is 16.6 Å². The van der Waals surface area contributed by atoms with E-state index >= 15 is 0 Å². The number of phenolic OH excluding ortho intramolecular Hbond substituents is 1. The molecule has 0 saturated carbocycles. The molecule has 0 spiro atoms. The predicted octanol–water partition coefficient (Wildman–Crippen LogP) is -1.41. The van der Waals surface area contributed by atoms with E-state index in [1.807, 2.05) is 0 Å². The minimum Gasteiger partial charge on any atom is -0.508 e. The van der Waals surface area contributed by atoms with Gasteiger partial charge in [-0.3, -0.25) is 24.0 Å². The van der Waals surface area contributed by atoms with Crippen LogP contribution in [0.25, 0.3) is 0 Å². The van der Waals surface area contributed by atoms with Crippen molar-refractivity contribution in [3.05, 3.63) is 29.8 Å². The van der Waals surface area contributed by atoms with Gasteiger partial charge in [0.25, 0.3) is 0 Å². The highest BCUT2D eigenvalue weighted by Crippen LogP contribution is 2.13. The first-order valence-electron chi connectivity index (χ1n) is 11.9. The molecule has 0 saturated heterocycles. The van der Waals surface area contributed by atoms with Gasteiger partial charge >= 0.3 is 11.9 Å². The number of nitrogens with one attached hydrogen (secondary N) is 3. The van der Waals surface area contributed by atoms with Gasteiger partial charge in [0.15, 0.2) is 0 Å². The lowest BCUT2D eigenvalue weighted by Gasteiger charge is -2.26. The van der Waals surface area contributed by atoms with E-state index in [2.05, 4.69) is 16.0 Å². The van der Waals surface area contributed by atoms with Gasteiger partial charge in [-0.15, -0.1) is 0 Å². The molecule has 4 amide bonds. The number of rotatable bonds is 16. The summed E-state index contributed by atoms with van der Waals surface area (Å²) in [7, 11) is 0. The highest BCUT2D eigenvalue weighted by atomic mass is 16.4. The van der Waals surface area contributed by atoms with Crippen molar-refractivity contribution in [2.75, 3.05) is 0 Å². The number of nitrogens with two attached hydrogens (primary N) is 2. The van der Waals surface area contributed by atoms with Gasteiger partial charge in [0.1, 0.15) is 23.9 Å². The van der Waals surface area contributed by atoms with E-state index in [9.17, 15) is 39.0 Å². The quantitative estimate of drug-likeness (QED) is 0.122. The number of carboxylic acids is 2. The van der Waals surface area contributed by atoms with Crippen LogP contribution >= 0.6 is 0 Å². The van der Waals surface area contributed by atoms with Gasteiger partial charge in [0.2, 0.25) is 23.6 Å². The average Bonchev–Trinajstić information content (AvgIpc) is 2.84. The van der Waals surface area contributed by atoms with Crippen molar-refractivity contribution in [1.82, 2.24) is 16.0 Å². The zero-order chi connectivity index (χ0) is 29.0. The molecule has 0 bridgehead atoms. The standard InChI is InChI=1S/C24H35N5O9/c1-3-12(2)20(24(37)38)29-23(36)17(11-18(26)31)28-22(35)16(10-13-4-6-14(30)7-5-13)27-21(34)15(25)8-9-19(32)33/h4-7,12,15-17,20,30H,3,8-11,25H2,1-2H3,(H2,26,31)(H,27,34)(H,28,35)(H,29,36)(H,32,33)(H,37,38). The molecule has 14 heteroatoms. The number of primary amides is 1. The molecule has 0 aromatic heterocycles. The number of carboxylic acid groups (broad SMARTS) is 2. The van der Waals surface area contributed by atoms with Crippen molar-refractivity contribution in [3.63, 3.8) is 0 Å². The lowest BCUT2D eigenvalue weighted by Crippen LogP contribution is -2.58. The minimum atomic E-state index is -1.55. The van der Waals surface area contributed by atoms with Crippen LogP contribution in [0.2, 0.25) is 0 Å². The van der Waals surface area contributed by atoms with E-state index < -0.39 is 72.1 Å². The van der Waals surface area contributed by atoms with E-state index in [-0.39, 0.29) is 25.0 Å².